The molecule has 2 rings (SSSR count). The predicted octanol–water partition coefficient (Wildman–Crippen LogP) is 2.72. The minimum absolute atomic E-state index is 0.386. The Kier molecular flexibility index (Phi) is 4.22. The number of rotatable bonds is 5. The molecule has 88 valence electrons. The number of nitrogens with one attached hydrogen (secondary N) is 1. The molecule has 0 bridgehead atoms. The average Bonchev–Trinajstić information content (AvgIpc) is 2.42. The van der Waals surface area contributed by atoms with Gasteiger partial charge in [-0.1, -0.05) is 37.3 Å². The summed E-state index contributed by atoms with van der Waals surface area (Å²) in [6.07, 6.45) is 6.31. The van der Waals surface area contributed by atoms with E-state index in [0.29, 0.717) is 6.04 Å². The van der Waals surface area contributed by atoms with Crippen LogP contribution in [-0.2, 0) is 6.54 Å². The van der Waals surface area contributed by atoms with Crippen molar-refractivity contribution in [2.24, 2.45) is 0 Å². The molecule has 1 atom stereocenters. The molecule has 0 aliphatic carbocycles. The highest BCUT2D eigenvalue weighted by Crippen LogP contribution is 2.16. The second-order valence-electron chi connectivity index (χ2n) is 4.00. The second kappa shape index (κ2) is 6.11. The van der Waals surface area contributed by atoms with Crippen molar-refractivity contribution < 1.29 is 0 Å². The van der Waals surface area contributed by atoms with E-state index in [-0.39, 0.29) is 0 Å². The van der Waals surface area contributed by atoms with Crippen molar-refractivity contribution in [2.75, 3.05) is 0 Å². The van der Waals surface area contributed by atoms with Crippen LogP contribution in [0.4, 0.5) is 0 Å². The zero-order valence-electron chi connectivity index (χ0n) is 10.0. The molecule has 2 aromatic rings. The fourth-order valence-electron chi connectivity index (χ4n) is 1.85. The summed E-state index contributed by atoms with van der Waals surface area (Å²) in [5.41, 5.74) is 2.44. The molecular weight excluding hydrogens is 210 g/mol. The Balaban J connectivity index is 1.97. The van der Waals surface area contributed by atoms with Gasteiger partial charge in [-0.25, -0.2) is 9.97 Å². The number of hydrogen-bond donors (Lipinski definition) is 1. The van der Waals surface area contributed by atoms with Crippen molar-refractivity contribution in [1.82, 2.24) is 15.3 Å². The molecule has 0 radical (unpaired) electrons. The van der Waals surface area contributed by atoms with Crippen LogP contribution in [0.3, 0.4) is 0 Å². The van der Waals surface area contributed by atoms with E-state index in [1.54, 1.807) is 6.33 Å². The lowest BCUT2D eigenvalue weighted by atomic mass is 10.0. The standard InChI is InChI=1S/C14H17N3/c1-2-14(13-6-4-3-5-7-13)17-10-12-8-15-11-16-9-12/h3-9,11,14,17H,2,10H2,1H3. The first-order valence-electron chi connectivity index (χ1n) is 5.92. The van der Waals surface area contributed by atoms with E-state index in [0.717, 1.165) is 18.5 Å². The molecule has 0 saturated carbocycles. The lowest BCUT2D eigenvalue weighted by molar-refractivity contribution is 0.518. The molecule has 0 fully saturated rings. The summed E-state index contributed by atoms with van der Waals surface area (Å²) in [7, 11) is 0. The van der Waals surface area contributed by atoms with E-state index in [1.165, 1.54) is 5.56 Å². The van der Waals surface area contributed by atoms with E-state index >= 15 is 0 Å². The third kappa shape index (κ3) is 3.36. The van der Waals surface area contributed by atoms with Crippen LogP contribution in [-0.4, -0.2) is 9.97 Å². The Morgan fingerprint density at radius 2 is 1.82 bits per heavy atom. The molecule has 0 aliphatic heterocycles. The highest BCUT2D eigenvalue weighted by Gasteiger charge is 2.07. The Labute approximate surface area is 102 Å². The highest BCUT2D eigenvalue weighted by atomic mass is 14.9. The molecule has 1 aromatic heterocycles. The summed E-state index contributed by atoms with van der Waals surface area (Å²) in [5, 5.41) is 3.52. The van der Waals surface area contributed by atoms with Crippen LogP contribution in [0.5, 0.6) is 0 Å². The third-order valence-electron chi connectivity index (χ3n) is 2.78. The van der Waals surface area contributed by atoms with Gasteiger partial charge in [0.05, 0.1) is 0 Å². The van der Waals surface area contributed by atoms with Crippen molar-refractivity contribution in [2.45, 2.75) is 25.9 Å². The van der Waals surface area contributed by atoms with E-state index in [1.807, 2.05) is 18.5 Å². The molecule has 3 heteroatoms. The maximum Gasteiger partial charge on any atom is 0.115 e. The molecule has 17 heavy (non-hydrogen) atoms. The Hall–Kier alpha value is -1.74. The minimum atomic E-state index is 0.386. The second-order valence-corrected chi connectivity index (χ2v) is 4.00. The first-order valence-corrected chi connectivity index (χ1v) is 5.92. The van der Waals surface area contributed by atoms with Gasteiger partial charge < -0.3 is 5.32 Å². The first kappa shape index (κ1) is 11.7. The largest absolute Gasteiger partial charge is 0.306 e. The summed E-state index contributed by atoms with van der Waals surface area (Å²) >= 11 is 0. The first-order chi connectivity index (χ1) is 8.40. The van der Waals surface area contributed by atoms with E-state index in [4.69, 9.17) is 0 Å². The highest BCUT2D eigenvalue weighted by molar-refractivity contribution is 5.19. The molecule has 0 aliphatic rings. The van der Waals surface area contributed by atoms with E-state index in [9.17, 15) is 0 Å². The van der Waals surface area contributed by atoms with Gasteiger partial charge in [0.15, 0.2) is 0 Å². The number of hydrogen-bond acceptors (Lipinski definition) is 3. The Bertz CT molecular complexity index is 428. The lowest BCUT2D eigenvalue weighted by Gasteiger charge is -2.17. The van der Waals surface area contributed by atoms with Gasteiger partial charge in [-0.3, -0.25) is 0 Å². The van der Waals surface area contributed by atoms with Gasteiger partial charge in [-0.2, -0.15) is 0 Å². The molecule has 3 nitrogen and oxygen atoms in total. The van der Waals surface area contributed by atoms with Crippen molar-refractivity contribution in [3.63, 3.8) is 0 Å². The minimum Gasteiger partial charge on any atom is -0.306 e. The summed E-state index contributed by atoms with van der Waals surface area (Å²) < 4.78 is 0. The van der Waals surface area contributed by atoms with E-state index < -0.39 is 0 Å². The van der Waals surface area contributed by atoms with Gasteiger partial charge in [0, 0.05) is 30.5 Å². The quantitative estimate of drug-likeness (QED) is 0.853. The van der Waals surface area contributed by atoms with Gasteiger partial charge in [0.1, 0.15) is 6.33 Å². The van der Waals surface area contributed by atoms with Gasteiger partial charge >= 0.3 is 0 Å². The molecule has 1 unspecified atom stereocenters. The summed E-state index contributed by atoms with van der Waals surface area (Å²) in [6, 6.07) is 10.9. The van der Waals surface area contributed by atoms with Crippen LogP contribution in [0.15, 0.2) is 49.1 Å². The fourth-order valence-corrected chi connectivity index (χ4v) is 1.85. The van der Waals surface area contributed by atoms with Crippen LogP contribution in [0, 0.1) is 0 Å². The average molecular weight is 227 g/mol. The molecular formula is C14H17N3. The van der Waals surface area contributed by atoms with Gasteiger partial charge in [-0.05, 0) is 12.0 Å². The maximum absolute atomic E-state index is 4.01. The summed E-state index contributed by atoms with van der Waals surface area (Å²) in [5.74, 6) is 0. The van der Waals surface area contributed by atoms with Crippen molar-refractivity contribution >= 4 is 0 Å². The van der Waals surface area contributed by atoms with Gasteiger partial charge in [-0.15, -0.1) is 0 Å². The van der Waals surface area contributed by atoms with Crippen LogP contribution in [0.2, 0.25) is 0 Å². The van der Waals surface area contributed by atoms with Gasteiger partial charge in [0.2, 0.25) is 0 Å². The fraction of sp³-hybridized carbons (Fsp3) is 0.286. The molecule has 1 N–H and O–H groups in total. The Morgan fingerprint density at radius 1 is 1.12 bits per heavy atom. The zero-order valence-corrected chi connectivity index (χ0v) is 10.0. The van der Waals surface area contributed by atoms with Crippen molar-refractivity contribution in [3.05, 3.63) is 60.2 Å². The maximum atomic E-state index is 4.01. The number of benzene rings is 1. The monoisotopic (exact) mass is 227 g/mol. The van der Waals surface area contributed by atoms with Crippen molar-refractivity contribution in [3.8, 4) is 0 Å². The lowest BCUT2D eigenvalue weighted by Crippen LogP contribution is -2.20. The topological polar surface area (TPSA) is 37.8 Å². The smallest absolute Gasteiger partial charge is 0.115 e. The summed E-state index contributed by atoms with van der Waals surface area (Å²) in [4.78, 5) is 8.02. The van der Waals surface area contributed by atoms with Crippen LogP contribution in [0.1, 0.15) is 30.5 Å². The molecule has 0 spiro atoms. The van der Waals surface area contributed by atoms with Gasteiger partial charge in [0.25, 0.3) is 0 Å². The summed E-state index contributed by atoms with van der Waals surface area (Å²) in [6.45, 7) is 2.99. The Morgan fingerprint density at radius 3 is 2.47 bits per heavy atom. The molecule has 1 aromatic carbocycles. The van der Waals surface area contributed by atoms with Crippen LogP contribution < -0.4 is 5.32 Å². The normalized spacial score (nSPS) is 12.3. The zero-order chi connectivity index (χ0) is 11.9. The van der Waals surface area contributed by atoms with Crippen LogP contribution >= 0.6 is 0 Å². The van der Waals surface area contributed by atoms with Crippen LogP contribution in [0.25, 0.3) is 0 Å². The van der Waals surface area contributed by atoms with Crippen molar-refractivity contribution in [1.29, 1.82) is 0 Å². The molecule has 0 amide bonds. The third-order valence-corrected chi connectivity index (χ3v) is 2.78. The number of nitrogens with zero attached hydrogens (tertiary/aromatic N) is 2. The predicted molar refractivity (Wildman–Crippen MR) is 68.3 cm³/mol. The SMILES string of the molecule is CCC(NCc1cncnc1)c1ccccc1. The van der Waals surface area contributed by atoms with E-state index in [2.05, 4.69) is 46.5 Å². The molecule has 1 heterocycles. The number of aromatic nitrogens is 2. The molecule has 0 saturated heterocycles.